The minimum absolute atomic E-state index is 0.0444. The number of hydrogen-bond donors (Lipinski definition) is 1. The highest BCUT2D eigenvalue weighted by Gasteiger charge is 2.17. The smallest absolute Gasteiger partial charge is 0.230 e. The molecule has 0 unspecified atom stereocenters. The number of aryl methyl sites for hydroxylation is 2. The fourth-order valence-corrected chi connectivity index (χ4v) is 3.91. The van der Waals surface area contributed by atoms with Gasteiger partial charge in [-0.05, 0) is 43.5 Å². The second-order valence-electron chi connectivity index (χ2n) is 7.06. The Bertz CT molecular complexity index is 971. The standard InChI is InChI=1S/C23H28N4O3S/c1-17-9-7-10-18(2)22(17)30-15-20-25-26-23(27(20)19-11-5-4-6-12-19)31-16-21(28)24-13-8-14-29-3/h4-7,9-12H,8,13-16H2,1-3H3,(H,24,28). The minimum Gasteiger partial charge on any atom is -0.485 e. The molecular formula is C23H28N4O3S. The number of nitrogens with one attached hydrogen (secondary N) is 1. The van der Waals surface area contributed by atoms with Crippen LogP contribution in [0.2, 0.25) is 0 Å². The number of thioether (sulfide) groups is 1. The maximum Gasteiger partial charge on any atom is 0.230 e. The van der Waals surface area contributed by atoms with Crippen molar-refractivity contribution in [3.63, 3.8) is 0 Å². The molecule has 0 fully saturated rings. The van der Waals surface area contributed by atoms with Crippen LogP contribution < -0.4 is 10.1 Å². The maximum absolute atomic E-state index is 12.2. The average Bonchev–Trinajstić information content (AvgIpc) is 3.18. The second-order valence-corrected chi connectivity index (χ2v) is 8.01. The zero-order chi connectivity index (χ0) is 22.1. The molecule has 1 N–H and O–H groups in total. The lowest BCUT2D eigenvalue weighted by Gasteiger charge is -2.13. The van der Waals surface area contributed by atoms with Crippen molar-refractivity contribution in [2.24, 2.45) is 0 Å². The third kappa shape index (κ3) is 6.32. The number of nitrogens with zero attached hydrogens (tertiary/aromatic N) is 3. The molecule has 0 bridgehead atoms. The summed E-state index contributed by atoms with van der Waals surface area (Å²) in [6.45, 7) is 5.54. The van der Waals surface area contributed by atoms with Crippen LogP contribution in [0.15, 0.2) is 53.7 Å². The van der Waals surface area contributed by atoms with Crippen LogP contribution in [0.5, 0.6) is 5.75 Å². The number of methoxy groups -OCH3 is 1. The first-order valence-electron chi connectivity index (χ1n) is 10.2. The molecule has 2 aromatic carbocycles. The van der Waals surface area contributed by atoms with Crippen molar-refractivity contribution in [2.45, 2.75) is 32.0 Å². The van der Waals surface area contributed by atoms with Crippen molar-refractivity contribution in [1.29, 1.82) is 0 Å². The van der Waals surface area contributed by atoms with Gasteiger partial charge in [-0.2, -0.15) is 0 Å². The zero-order valence-corrected chi connectivity index (χ0v) is 18.9. The molecule has 1 heterocycles. The van der Waals surface area contributed by atoms with Gasteiger partial charge in [-0.15, -0.1) is 10.2 Å². The number of benzene rings is 2. The summed E-state index contributed by atoms with van der Waals surface area (Å²) in [5.74, 6) is 1.75. The van der Waals surface area contributed by atoms with Crippen LogP contribution >= 0.6 is 11.8 Å². The Hall–Kier alpha value is -2.84. The van der Waals surface area contributed by atoms with Gasteiger partial charge in [0.1, 0.15) is 12.4 Å². The Labute approximate surface area is 187 Å². The molecule has 164 valence electrons. The van der Waals surface area contributed by atoms with Crippen molar-refractivity contribution in [3.8, 4) is 11.4 Å². The zero-order valence-electron chi connectivity index (χ0n) is 18.1. The normalized spacial score (nSPS) is 10.8. The number of carbonyl (C=O) groups excluding carboxylic acids is 1. The van der Waals surface area contributed by atoms with E-state index in [0.717, 1.165) is 29.0 Å². The second kappa shape index (κ2) is 11.5. The third-order valence-corrected chi connectivity index (χ3v) is 5.58. The number of amides is 1. The molecule has 8 heteroatoms. The third-order valence-electron chi connectivity index (χ3n) is 4.65. The topological polar surface area (TPSA) is 78.3 Å². The van der Waals surface area contributed by atoms with E-state index in [1.54, 1.807) is 7.11 Å². The van der Waals surface area contributed by atoms with Crippen LogP contribution in [0.25, 0.3) is 5.69 Å². The molecule has 0 spiro atoms. The molecule has 0 radical (unpaired) electrons. The molecular weight excluding hydrogens is 412 g/mol. The summed E-state index contributed by atoms with van der Waals surface area (Å²) in [7, 11) is 1.65. The SMILES string of the molecule is COCCCNC(=O)CSc1nnc(COc2c(C)cccc2C)n1-c1ccccc1. The molecule has 0 saturated carbocycles. The Kier molecular flexibility index (Phi) is 8.49. The van der Waals surface area contributed by atoms with E-state index in [9.17, 15) is 4.79 Å². The van der Waals surface area contributed by atoms with Crippen LogP contribution in [0, 0.1) is 13.8 Å². The van der Waals surface area contributed by atoms with E-state index in [1.807, 2.05) is 66.9 Å². The Morgan fingerprint density at radius 3 is 2.52 bits per heavy atom. The first-order chi connectivity index (χ1) is 15.1. The molecule has 0 aliphatic heterocycles. The molecule has 1 aromatic heterocycles. The molecule has 0 aliphatic carbocycles. The van der Waals surface area contributed by atoms with Crippen molar-refractivity contribution >= 4 is 17.7 Å². The van der Waals surface area contributed by atoms with Gasteiger partial charge in [0.2, 0.25) is 5.91 Å². The number of rotatable bonds is 11. The summed E-state index contributed by atoms with van der Waals surface area (Å²) in [5, 5.41) is 12.2. The van der Waals surface area contributed by atoms with Crippen LogP contribution in [0.3, 0.4) is 0 Å². The quantitative estimate of drug-likeness (QED) is 0.362. The van der Waals surface area contributed by atoms with Gasteiger partial charge in [-0.25, -0.2) is 0 Å². The van der Waals surface area contributed by atoms with E-state index in [4.69, 9.17) is 9.47 Å². The molecule has 3 aromatic rings. The molecule has 0 aliphatic rings. The van der Waals surface area contributed by atoms with Crippen molar-refractivity contribution in [3.05, 3.63) is 65.5 Å². The lowest BCUT2D eigenvalue weighted by Crippen LogP contribution is -2.27. The van der Waals surface area contributed by atoms with Crippen LogP contribution in [0.1, 0.15) is 23.4 Å². The van der Waals surface area contributed by atoms with Gasteiger partial charge in [-0.3, -0.25) is 9.36 Å². The minimum atomic E-state index is -0.0444. The summed E-state index contributed by atoms with van der Waals surface area (Å²) >= 11 is 1.35. The predicted molar refractivity (Wildman–Crippen MR) is 122 cm³/mol. The Morgan fingerprint density at radius 2 is 1.81 bits per heavy atom. The van der Waals surface area contributed by atoms with E-state index in [-0.39, 0.29) is 18.3 Å². The molecule has 0 atom stereocenters. The molecule has 0 saturated heterocycles. The fourth-order valence-electron chi connectivity index (χ4n) is 3.11. The highest BCUT2D eigenvalue weighted by atomic mass is 32.2. The highest BCUT2D eigenvalue weighted by Crippen LogP contribution is 2.26. The summed E-state index contributed by atoms with van der Waals surface area (Å²) < 4.78 is 13.0. The fraction of sp³-hybridized carbons (Fsp3) is 0.348. The van der Waals surface area contributed by atoms with E-state index in [0.29, 0.717) is 24.1 Å². The lowest BCUT2D eigenvalue weighted by molar-refractivity contribution is -0.118. The highest BCUT2D eigenvalue weighted by molar-refractivity contribution is 7.99. The van der Waals surface area contributed by atoms with Gasteiger partial charge < -0.3 is 14.8 Å². The van der Waals surface area contributed by atoms with Crippen molar-refractivity contribution in [2.75, 3.05) is 26.0 Å². The van der Waals surface area contributed by atoms with E-state index >= 15 is 0 Å². The van der Waals surface area contributed by atoms with Crippen LogP contribution in [0.4, 0.5) is 0 Å². The molecule has 7 nitrogen and oxygen atoms in total. The van der Waals surface area contributed by atoms with E-state index in [2.05, 4.69) is 15.5 Å². The van der Waals surface area contributed by atoms with Crippen molar-refractivity contribution < 1.29 is 14.3 Å². The average molecular weight is 441 g/mol. The summed E-state index contributed by atoms with van der Waals surface area (Å²) in [6, 6.07) is 15.9. The number of hydrogen-bond acceptors (Lipinski definition) is 6. The van der Waals surface area contributed by atoms with E-state index in [1.165, 1.54) is 11.8 Å². The molecule has 3 rings (SSSR count). The molecule has 31 heavy (non-hydrogen) atoms. The number of aromatic nitrogens is 3. The molecule has 1 amide bonds. The monoisotopic (exact) mass is 440 g/mol. The maximum atomic E-state index is 12.2. The van der Waals surface area contributed by atoms with E-state index < -0.39 is 0 Å². The van der Waals surface area contributed by atoms with Gasteiger partial charge in [-0.1, -0.05) is 48.2 Å². The summed E-state index contributed by atoms with van der Waals surface area (Å²) in [4.78, 5) is 12.2. The summed E-state index contributed by atoms with van der Waals surface area (Å²) in [5.41, 5.74) is 3.08. The Balaban J connectivity index is 1.73. The van der Waals surface area contributed by atoms with Crippen LogP contribution in [-0.4, -0.2) is 46.7 Å². The predicted octanol–water partition coefficient (Wildman–Crippen LogP) is 3.71. The first-order valence-corrected chi connectivity index (χ1v) is 11.2. The Morgan fingerprint density at radius 1 is 1.06 bits per heavy atom. The van der Waals surface area contributed by atoms with Gasteiger partial charge in [0.15, 0.2) is 11.0 Å². The van der Waals surface area contributed by atoms with Gasteiger partial charge >= 0.3 is 0 Å². The number of ether oxygens (including phenoxy) is 2. The van der Waals surface area contributed by atoms with Crippen molar-refractivity contribution in [1.82, 2.24) is 20.1 Å². The first kappa shape index (κ1) is 22.8. The lowest BCUT2D eigenvalue weighted by atomic mass is 10.1. The number of para-hydroxylation sites is 2. The van der Waals surface area contributed by atoms with Gasteiger partial charge in [0, 0.05) is 25.9 Å². The van der Waals surface area contributed by atoms with Gasteiger partial charge in [0.05, 0.1) is 5.75 Å². The van der Waals surface area contributed by atoms with Gasteiger partial charge in [0.25, 0.3) is 0 Å². The van der Waals surface area contributed by atoms with Crippen LogP contribution in [-0.2, 0) is 16.1 Å². The largest absolute Gasteiger partial charge is 0.485 e. The summed E-state index contributed by atoms with van der Waals surface area (Å²) in [6.07, 6.45) is 0.785. The number of carbonyl (C=O) groups is 1.